The van der Waals surface area contributed by atoms with Gasteiger partial charge in [-0.3, -0.25) is 0 Å². The fourth-order valence-corrected chi connectivity index (χ4v) is 4.25. The predicted molar refractivity (Wildman–Crippen MR) is 76.7 cm³/mol. The summed E-state index contributed by atoms with van der Waals surface area (Å²) in [7, 11) is 0. The van der Waals surface area contributed by atoms with E-state index in [1.807, 2.05) is 13.0 Å². The summed E-state index contributed by atoms with van der Waals surface area (Å²) in [5, 5.41) is 11.0. The van der Waals surface area contributed by atoms with E-state index in [1.165, 1.54) is 25.7 Å². The van der Waals surface area contributed by atoms with E-state index in [0.29, 0.717) is 11.2 Å². The largest absolute Gasteiger partial charge is 0.385 e. The van der Waals surface area contributed by atoms with Crippen molar-refractivity contribution in [3.63, 3.8) is 0 Å². The molecule has 0 atom stereocenters. The van der Waals surface area contributed by atoms with Crippen molar-refractivity contribution in [1.29, 1.82) is 0 Å². The molecule has 19 heavy (non-hydrogen) atoms. The van der Waals surface area contributed by atoms with Gasteiger partial charge in [0.15, 0.2) is 0 Å². The minimum atomic E-state index is -0.754. The highest BCUT2D eigenvalue weighted by atomic mass is 16.3. The maximum atomic E-state index is 11.0. The quantitative estimate of drug-likeness (QED) is 0.814. The maximum absolute atomic E-state index is 11.0. The number of nitrogens with zero attached hydrogens (tertiary/aromatic N) is 1. The van der Waals surface area contributed by atoms with Crippen molar-refractivity contribution in [3.8, 4) is 0 Å². The van der Waals surface area contributed by atoms with Gasteiger partial charge in [0, 0.05) is 11.8 Å². The molecular formula is C16H24N2O. The van der Waals surface area contributed by atoms with E-state index in [1.54, 1.807) is 6.20 Å². The Bertz CT molecular complexity index is 447. The second-order valence-corrected chi connectivity index (χ2v) is 6.63. The van der Waals surface area contributed by atoms with Gasteiger partial charge in [0.1, 0.15) is 5.82 Å². The van der Waals surface area contributed by atoms with Crippen molar-refractivity contribution < 1.29 is 5.11 Å². The van der Waals surface area contributed by atoms with Crippen molar-refractivity contribution in [1.82, 2.24) is 4.98 Å². The molecule has 0 aromatic carbocycles. The Morgan fingerprint density at radius 3 is 2.32 bits per heavy atom. The van der Waals surface area contributed by atoms with Crippen LogP contribution in [-0.2, 0) is 5.60 Å². The Balaban J connectivity index is 1.85. The van der Waals surface area contributed by atoms with E-state index < -0.39 is 5.60 Å². The van der Waals surface area contributed by atoms with Crippen LogP contribution in [0.3, 0.4) is 0 Å². The van der Waals surface area contributed by atoms with Crippen LogP contribution < -0.4 is 5.73 Å². The van der Waals surface area contributed by atoms with Gasteiger partial charge in [-0.2, -0.15) is 0 Å². The van der Waals surface area contributed by atoms with Crippen LogP contribution in [0.4, 0.5) is 5.82 Å². The third-order valence-corrected chi connectivity index (χ3v) is 5.46. The monoisotopic (exact) mass is 260 g/mol. The van der Waals surface area contributed by atoms with Gasteiger partial charge in [-0.15, -0.1) is 0 Å². The molecule has 1 heterocycles. The Morgan fingerprint density at radius 2 is 1.74 bits per heavy atom. The molecule has 0 bridgehead atoms. The maximum Gasteiger partial charge on any atom is 0.129 e. The summed E-state index contributed by atoms with van der Waals surface area (Å²) in [5.41, 5.74) is 7.73. The number of pyridine rings is 1. The van der Waals surface area contributed by atoms with Crippen LogP contribution in [-0.4, -0.2) is 10.1 Å². The van der Waals surface area contributed by atoms with E-state index >= 15 is 0 Å². The average Bonchev–Trinajstić information content (AvgIpc) is 2.82. The molecule has 0 unspecified atom stereocenters. The molecule has 0 aliphatic heterocycles. The molecule has 0 saturated heterocycles. The minimum absolute atomic E-state index is 0.505. The summed E-state index contributed by atoms with van der Waals surface area (Å²) in [6.45, 7) is 2.02. The van der Waals surface area contributed by atoms with E-state index in [-0.39, 0.29) is 0 Å². The van der Waals surface area contributed by atoms with Gasteiger partial charge >= 0.3 is 0 Å². The molecule has 2 fully saturated rings. The number of nitrogens with two attached hydrogens (primary N) is 1. The van der Waals surface area contributed by atoms with Crippen molar-refractivity contribution in [2.45, 2.75) is 63.9 Å². The highest BCUT2D eigenvalue weighted by molar-refractivity contribution is 5.48. The van der Waals surface area contributed by atoms with Crippen LogP contribution in [0.5, 0.6) is 0 Å². The highest BCUT2D eigenvalue weighted by Crippen LogP contribution is 2.54. The highest BCUT2D eigenvalue weighted by Gasteiger charge is 2.45. The summed E-state index contributed by atoms with van der Waals surface area (Å²) in [6.07, 6.45) is 11.1. The lowest BCUT2D eigenvalue weighted by molar-refractivity contribution is -0.0376. The Kier molecular flexibility index (Phi) is 3.05. The number of anilines is 1. The van der Waals surface area contributed by atoms with Gasteiger partial charge in [-0.1, -0.05) is 12.8 Å². The van der Waals surface area contributed by atoms with E-state index in [2.05, 4.69) is 4.98 Å². The number of hydrogen-bond donors (Lipinski definition) is 2. The normalized spacial score (nSPS) is 24.7. The molecule has 2 aliphatic carbocycles. The first-order valence-electron chi connectivity index (χ1n) is 7.49. The topological polar surface area (TPSA) is 59.1 Å². The zero-order valence-electron chi connectivity index (χ0n) is 11.8. The van der Waals surface area contributed by atoms with Crippen molar-refractivity contribution in [2.24, 2.45) is 5.41 Å². The van der Waals surface area contributed by atoms with Crippen LogP contribution in [0.15, 0.2) is 12.3 Å². The fraction of sp³-hybridized carbons (Fsp3) is 0.688. The first-order valence-corrected chi connectivity index (χ1v) is 7.49. The standard InChI is InChI=1S/C16H24N2O/c1-12-4-11-18-14(17)13(12)16(19)9-7-15(8-10-16)5-2-3-6-15/h4,11,19H,2-3,5-10H2,1H3,(H2,17,18). The van der Waals surface area contributed by atoms with Gasteiger partial charge in [-0.25, -0.2) is 4.98 Å². The van der Waals surface area contributed by atoms with Crippen LogP contribution in [0, 0.1) is 12.3 Å². The minimum Gasteiger partial charge on any atom is -0.385 e. The lowest BCUT2D eigenvalue weighted by Crippen LogP contribution is -2.37. The zero-order chi connectivity index (χ0) is 13.5. The first-order chi connectivity index (χ1) is 9.05. The number of aromatic nitrogens is 1. The second-order valence-electron chi connectivity index (χ2n) is 6.63. The summed E-state index contributed by atoms with van der Waals surface area (Å²) < 4.78 is 0. The summed E-state index contributed by atoms with van der Waals surface area (Å²) >= 11 is 0. The second kappa shape index (κ2) is 4.48. The summed E-state index contributed by atoms with van der Waals surface area (Å²) in [4.78, 5) is 4.17. The molecule has 0 amide bonds. The Labute approximate surface area is 115 Å². The molecule has 3 N–H and O–H groups in total. The van der Waals surface area contributed by atoms with Crippen molar-refractivity contribution in [3.05, 3.63) is 23.4 Å². The lowest BCUT2D eigenvalue weighted by atomic mass is 9.65. The SMILES string of the molecule is Cc1ccnc(N)c1C1(O)CCC2(CCCC2)CC1. The molecule has 2 aliphatic rings. The summed E-state index contributed by atoms with van der Waals surface area (Å²) in [5.74, 6) is 0.505. The molecule has 1 spiro atoms. The molecule has 2 saturated carbocycles. The van der Waals surface area contributed by atoms with Gasteiger partial charge in [0.2, 0.25) is 0 Å². The first kappa shape index (κ1) is 12.9. The molecule has 0 radical (unpaired) electrons. The van der Waals surface area contributed by atoms with Gasteiger partial charge in [0.25, 0.3) is 0 Å². The lowest BCUT2D eigenvalue weighted by Gasteiger charge is -2.43. The van der Waals surface area contributed by atoms with Gasteiger partial charge < -0.3 is 10.8 Å². The molecule has 3 rings (SSSR count). The molecular weight excluding hydrogens is 236 g/mol. The van der Waals surface area contributed by atoms with Crippen LogP contribution >= 0.6 is 0 Å². The number of rotatable bonds is 1. The van der Waals surface area contributed by atoms with Gasteiger partial charge in [0.05, 0.1) is 5.60 Å². The average molecular weight is 260 g/mol. The molecule has 1 aromatic rings. The Morgan fingerprint density at radius 1 is 1.11 bits per heavy atom. The van der Waals surface area contributed by atoms with Crippen LogP contribution in [0.25, 0.3) is 0 Å². The molecule has 1 aromatic heterocycles. The number of hydrogen-bond acceptors (Lipinski definition) is 3. The zero-order valence-corrected chi connectivity index (χ0v) is 11.8. The number of aryl methyl sites for hydroxylation is 1. The van der Waals surface area contributed by atoms with E-state index in [9.17, 15) is 5.11 Å². The summed E-state index contributed by atoms with van der Waals surface area (Å²) in [6, 6.07) is 1.95. The number of nitrogen functional groups attached to an aromatic ring is 1. The van der Waals surface area contributed by atoms with Crippen molar-refractivity contribution in [2.75, 3.05) is 5.73 Å². The van der Waals surface area contributed by atoms with Crippen LogP contribution in [0.2, 0.25) is 0 Å². The Hall–Kier alpha value is -1.09. The predicted octanol–water partition coefficient (Wildman–Crippen LogP) is 3.29. The smallest absolute Gasteiger partial charge is 0.129 e. The molecule has 3 nitrogen and oxygen atoms in total. The van der Waals surface area contributed by atoms with E-state index in [0.717, 1.165) is 36.8 Å². The van der Waals surface area contributed by atoms with Gasteiger partial charge in [-0.05, 0) is 62.5 Å². The van der Waals surface area contributed by atoms with E-state index in [4.69, 9.17) is 5.73 Å². The molecule has 3 heteroatoms. The third-order valence-electron chi connectivity index (χ3n) is 5.46. The number of aliphatic hydroxyl groups is 1. The molecule has 104 valence electrons. The fourth-order valence-electron chi connectivity index (χ4n) is 4.25. The van der Waals surface area contributed by atoms with Crippen LogP contribution in [0.1, 0.15) is 62.5 Å². The third kappa shape index (κ3) is 2.14. The van der Waals surface area contributed by atoms with Crippen molar-refractivity contribution >= 4 is 5.82 Å².